The maximum atomic E-state index is 13.4. The van der Waals surface area contributed by atoms with Crippen LogP contribution in [0.15, 0.2) is 35.5 Å². The second-order valence-electron chi connectivity index (χ2n) is 11.1. The lowest BCUT2D eigenvalue weighted by molar-refractivity contribution is -0.153. The molecule has 11 nitrogen and oxygen atoms in total. The van der Waals surface area contributed by atoms with Crippen LogP contribution in [0.25, 0.3) is 5.82 Å². The Kier molecular flexibility index (Phi) is 7.88. The Bertz CT molecular complexity index is 1570. The van der Waals surface area contributed by atoms with Crippen LogP contribution < -0.4 is 14.4 Å². The smallest absolute Gasteiger partial charge is 0.395 e. The maximum Gasteiger partial charge on any atom is 0.395 e. The zero-order valence-electron chi connectivity index (χ0n) is 23.1. The van der Waals surface area contributed by atoms with Gasteiger partial charge in [-0.05, 0) is 51.7 Å². The Hall–Kier alpha value is -3.27. The summed E-state index contributed by atoms with van der Waals surface area (Å²) in [7, 11) is -2.64. The molecular formula is C25H32F3N7O4S2. The molecular weight excluding hydrogens is 583 g/mol. The summed E-state index contributed by atoms with van der Waals surface area (Å²) in [5, 5.41) is 8.26. The third kappa shape index (κ3) is 6.17. The Labute approximate surface area is 242 Å². The highest BCUT2D eigenvalue weighted by molar-refractivity contribution is 7.90. The number of alkyl halides is 3. The van der Waals surface area contributed by atoms with E-state index in [1.165, 1.54) is 46.9 Å². The number of halogens is 3. The van der Waals surface area contributed by atoms with Crippen LogP contribution >= 0.6 is 13.5 Å². The molecule has 3 aromatic heterocycles. The van der Waals surface area contributed by atoms with Crippen molar-refractivity contribution < 1.29 is 31.1 Å². The molecule has 2 aliphatic rings. The molecule has 16 heteroatoms. The number of hydrogen-bond donors (Lipinski definition) is 1. The van der Waals surface area contributed by atoms with Gasteiger partial charge in [0.15, 0.2) is 5.82 Å². The van der Waals surface area contributed by atoms with E-state index in [1.54, 1.807) is 7.05 Å². The van der Waals surface area contributed by atoms with Crippen LogP contribution in [0.2, 0.25) is 0 Å². The fraction of sp³-hybridized carbons (Fsp3) is 0.520. The summed E-state index contributed by atoms with van der Waals surface area (Å²) in [6.45, 7) is 8.20. The van der Waals surface area contributed by atoms with Crippen molar-refractivity contribution in [2.24, 2.45) is 18.9 Å². The summed E-state index contributed by atoms with van der Waals surface area (Å²) in [4.78, 5) is 19.9. The number of carbonyl (C=O) groups excluding carboxylic acids is 1. The van der Waals surface area contributed by atoms with Crippen LogP contribution in [0.1, 0.15) is 49.7 Å². The number of sulfonamides is 1. The Morgan fingerprint density at radius 3 is 2.46 bits per heavy atom. The van der Waals surface area contributed by atoms with Gasteiger partial charge >= 0.3 is 6.18 Å². The van der Waals surface area contributed by atoms with E-state index in [-0.39, 0.29) is 59.5 Å². The SMILES string of the molecule is Cc1nn(C)cc1S(=O)(=O)NC(=O)c1ccc(-n2ccc(OC3CC3C(F)(F)F)n2)nc1N1C[C@@H](C)CC1(C)C.S. The third-order valence-corrected chi connectivity index (χ3v) is 8.58. The first kappa shape index (κ1) is 30.7. The van der Waals surface area contributed by atoms with Crippen LogP contribution in [-0.4, -0.2) is 63.2 Å². The van der Waals surface area contributed by atoms with Crippen molar-refractivity contribution in [2.75, 3.05) is 11.4 Å². The monoisotopic (exact) mass is 615 g/mol. The number of carbonyl (C=O) groups is 1. The first-order chi connectivity index (χ1) is 18.5. The molecule has 1 N–H and O–H groups in total. The van der Waals surface area contributed by atoms with Gasteiger partial charge in [0.05, 0.1) is 17.2 Å². The molecule has 3 atom stereocenters. The molecule has 2 unspecified atom stereocenters. The van der Waals surface area contributed by atoms with E-state index in [9.17, 15) is 26.4 Å². The summed E-state index contributed by atoms with van der Waals surface area (Å²) in [6.07, 6.45) is -1.78. The second kappa shape index (κ2) is 10.5. The van der Waals surface area contributed by atoms with Crippen LogP contribution in [0.3, 0.4) is 0 Å². The van der Waals surface area contributed by atoms with Gasteiger partial charge < -0.3 is 9.64 Å². The van der Waals surface area contributed by atoms with Gasteiger partial charge in [-0.15, -0.1) is 5.10 Å². The molecule has 224 valence electrons. The maximum absolute atomic E-state index is 13.4. The molecule has 0 radical (unpaired) electrons. The highest BCUT2D eigenvalue weighted by atomic mass is 32.2. The quantitative estimate of drug-likeness (QED) is 0.429. The van der Waals surface area contributed by atoms with Crippen molar-refractivity contribution in [3.8, 4) is 11.7 Å². The minimum Gasteiger partial charge on any atom is -0.473 e. The number of hydrogen-bond acceptors (Lipinski definition) is 8. The average Bonchev–Trinajstić information content (AvgIpc) is 3.16. The van der Waals surface area contributed by atoms with Crippen molar-refractivity contribution in [2.45, 2.75) is 63.3 Å². The molecule has 0 aromatic carbocycles. The molecule has 1 saturated heterocycles. The van der Waals surface area contributed by atoms with Gasteiger partial charge in [-0.2, -0.15) is 31.8 Å². The number of pyridine rings is 1. The topological polar surface area (TPSA) is 124 Å². The van der Waals surface area contributed by atoms with Gasteiger partial charge in [-0.3, -0.25) is 9.48 Å². The first-order valence-electron chi connectivity index (χ1n) is 12.7. The Morgan fingerprint density at radius 2 is 1.90 bits per heavy atom. The fourth-order valence-corrected chi connectivity index (χ4v) is 6.47. The molecule has 4 heterocycles. The fourth-order valence-electron chi connectivity index (χ4n) is 5.28. The van der Waals surface area contributed by atoms with Crippen LogP contribution in [-0.2, 0) is 17.1 Å². The Morgan fingerprint density at radius 1 is 1.20 bits per heavy atom. The molecule has 1 amide bonds. The third-order valence-electron chi connectivity index (χ3n) is 7.14. The van der Waals surface area contributed by atoms with Gasteiger partial charge in [-0.1, -0.05) is 6.92 Å². The number of ether oxygens (including phenoxy) is 1. The van der Waals surface area contributed by atoms with Crippen LogP contribution in [0, 0.1) is 18.8 Å². The van der Waals surface area contributed by atoms with Crippen LogP contribution in [0.5, 0.6) is 5.88 Å². The highest BCUT2D eigenvalue weighted by Crippen LogP contribution is 2.46. The summed E-state index contributed by atoms with van der Waals surface area (Å²) in [5.41, 5.74) is -0.100. The number of rotatable bonds is 7. The highest BCUT2D eigenvalue weighted by Gasteiger charge is 2.58. The van der Waals surface area contributed by atoms with Crippen LogP contribution in [0.4, 0.5) is 19.0 Å². The van der Waals surface area contributed by atoms with E-state index in [0.717, 1.165) is 6.42 Å². The molecule has 0 bridgehead atoms. The average molecular weight is 616 g/mol. The van der Waals surface area contributed by atoms with E-state index >= 15 is 0 Å². The minimum atomic E-state index is -4.32. The number of aryl methyl sites for hydroxylation is 2. The molecule has 1 aliphatic carbocycles. The zero-order chi connectivity index (χ0) is 29.2. The minimum absolute atomic E-state index is 0. The van der Waals surface area contributed by atoms with E-state index in [4.69, 9.17) is 4.74 Å². The molecule has 2 fully saturated rings. The lowest BCUT2D eigenvalue weighted by atomic mass is 9.97. The number of anilines is 1. The van der Waals surface area contributed by atoms with E-state index in [1.807, 2.05) is 18.7 Å². The van der Waals surface area contributed by atoms with Crippen molar-refractivity contribution in [3.63, 3.8) is 0 Å². The summed E-state index contributed by atoms with van der Waals surface area (Å²) in [5.74, 6) is -1.51. The molecule has 41 heavy (non-hydrogen) atoms. The molecule has 0 spiro atoms. The predicted octanol–water partition coefficient (Wildman–Crippen LogP) is 3.50. The molecule has 1 saturated carbocycles. The van der Waals surface area contributed by atoms with Gasteiger partial charge in [0.2, 0.25) is 5.88 Å². The Balaban J connectivity index is 0.00000387. The first-order valence-corrected chi connectivity index (χ1v) is 14.2. The van der Waals surface area contributed by atoms with E-state index in [0.29, 0.717) is 6.54 Å². The van der Waals surface area contributed by atoms with E-state index < -0.39 is 39.7 Å². The molecule has 3 aromatic rings. The normalized spacial score (nSPS) is 21.9. The number of aromatic nitrogens is 5. The van der Waals surface area contributed by atoms with Crippen molar-refractivity contribution in [1.29, 1.82) is 0 Å². The molecule has 5 rings (SSSR count). The largest absolute Gasteiger partial charge is 0.473 e. The number of nitrogens with one attached hydrogen (secondary N) is 1. The van der Waals surface area contributed by atoms with Crippen molar-refractivity contribution in [3.05, 3.63) is 41.9 Å². The number of amides is 1. The van der Waals surface area contributed by atoms with E-state index in [2.05, 4.69) is 26.8 Å². The predicted molar refractivity (Wildman–Crippen MR) is 148 cm³/mol. The van der Waals surface area contributed by atoms with Gasteiger partial charge in [0.1, 0.15) is 16.8 Å². The lowest BCUT2D eigenvalue weighted by Gasteiger charge is -2.34. The number of nitrogens with zero attached hydrogens (tertiary/aromatic N) is 6. The van der Waals surface area contributed by atoms with Crippen molar-refractivity contribution in [1.82, 2.24) is 29.3 Å². The van der Waals surface area contributed by atoms with Crippen molar-refractivity contribution >= 4 is 35.2 Å². The van der Waals surface area contributed by atoms with Gasteiger partial charge in [0, 0.05) is 37.6 Å². The molecule has 1 aliphatic heterocycles. The summed E-state index contributed by atoms with van der Waals surface area (Å²) >= 11 is 0. The van der Waals surface area contributed by atoms with Gasteiger partial charge in [-0.25, -0.2) is 22.8 Å². The van der Waals surface area contributed by atoms with Gasteiger partial charge in [0.25, 0.3) is 15.9 Å². The second-order valence-corrected chi connectivity index (χ2v) is 12.7. The standard InChI is InChI=1S/C25H30F3N7O4S.H2S/c1-14-11-24(3,4)34(12-14)22-16(23(36)32-40(37,38)19-13-33(5)30-15(19)2)6-7-20(29-22)35-9-8-21(31-35)39-18-10-17(18)25(26,27)28;/h6-9,13-14,17-18H,10-12H2,1-5H3,(H,32,36);1H2/t14-,17?,18?;/m0./s1. The summed E-state index contributed by atoms with van der Waals surface area (Å²) < 4.78 is 74.9. The lowest BCUT2D eigenvalue weighted by Crippen LogP contribution is -2.41. The summed E-state index contributed by atoms with van der Waals surface area (Å²) in [6, 6.07) is 4.39. The zero-order valence-corrected chi connectivity index (χ0v) is 24.9.